The van der Waals surface area contributed by atoms with Gasteiger partial charge in [0.05, 0.1) is 6.04 Å². The SMILES string of the molecule is Br.NCCCC(NC(=O)c1cccn(C(c2ccccc2)c2ccccc2)c1=O)C(=O)O. The zero-order chi connectivity index (χ0) is 22.2. The van der Waals surface area contributed by atoms with Gasteiger partial charge in [-0.3, -0.25) is 9.59 Å². The van der Waals surface area contributed by atoms with Crippen LogP contribution in [0.25, 0.3) is 0 Å². The highest BCUT2D eigenvalue weighted by Gasteiger charge is 2.24. The molecule has 0 aliphatic rings. The largest absolute Gasteiger partial charge is 0.480 e. The minimum Gasteiger partial charge on any atom is -0.480 e. The summed E-state index contributed by atoms with van der Waals surface area (Å²) in [6.45, 7) is 0.313. The molecular weight excluding hydrogens is 474 g/mol. The van der Waals surface area contributed by atoms with Gasteiger partial charge >= 0.3 is 5.97 Å². The van der Waals surface area contributed by atoms with E-state index in [0.29, 0.717) is 13.0 Å². The molecule has 0 fully saturated rings. The third-order valence-electron chi connectivity index (χ3n) is 5.03. The molecule has 4 N–H and O–H groups in total. The summed E-state index contributed by atoms with van der Waals surface area (Å²) in [5, 5.41) is 11.8. The van der Waals surface area contributed by atoms with Crippen molar-refractivity contribution in [3.8, 4) is 0 Å². The monoisotopic (exact) mass is 499 g/mol. The quantitative estimate of drug-likeness (QED) is 0.418. The van der Waals surface area contributed by atoms with Gasteiger partial charge in [0.2, 0.25) is 0 Å². The highest BCUT2D eigenvalue weighted by molar-refractivity contribution is 8.93. The highest BCUT2D eigenvalue weighted by Crippen LogP contribution is 2.25. The summed E-state index contributed by atoms with van der Waals surface area (Å²) < 4.78 is 1.50. The van der Waals surface area contributed by atoms with Crippen molar-refractivity contribution >= 4 is 28.9 Å². The number of hydrogen-bond donors (Lipinski definition) is 3. The second-order valence-electron chi connectivity index (χ2n) is 7.15. The van der Waals surface area contributed by atoms with Gasteiger partial charge in [-0.1, -0.05) is 60.7 Å². The number of carboxylic acid groups (broad SMARTS) is 1. The van der Waals surface area contributed by atoms with Gasteiger partial charge in [-0.2, -0.15) is 0 Å². The predicted octanol–water partition coefficient (Wildman–Crippen LogP) is 2.99. The van der Waals surface area contributed by atoms with Gasteiger partial charge in [0, 0.05) is 6.20 Å². The number of carbonyl (C=O) groups excluding carboxylic acids is 1. The molecule has 0 radical (unpaired) electrons. The van der Waals surface area contributed by atoms with Gasteiger partial charge in [0.15, 0.2) is 0 Å². The summed E-state index contributed by atoms with van der Waals surface area (Å²) >= 11 is 0. The molecule has 168 valence electrons. The smallest absolute Gasteiger partial charge is 0.326 e. The van der Waals surface area contributed by atoms with Crippen molar-refractivity contribution in [1.82, 2.24) is 9.88 Å². The Kier molecular flexibility index (Phi) is 9.37. The Bertz CT molecular complexity index is 1050. The van der Waals surface area contributed by atoms with Crippen molar-refractivity contribution in [2.45, 2.75) is 24.9 Å². The van der Waals surface area contributed by atoms with Crippen molar-refractivity contribution in [1.29, 1.82) is 0 Å². The molecule has 0 spiro atoms. The van der Waals surface area contributed by atoms with Crippen molar-refractivity contribution < 1.29 is 14.7 Å². The van der Waals surface area contributed by atoms with Gasteiger partial charge in [-0.25, -0.2) is 4.79 Å². The van der Waals surface area contributed by atoms with Crippen LogP contribution in [0, 0.1) is 0 Å². The first-order chi connectivity index (χ1) is 15.0. The molecule has 0 aliphatic heterocycles. The van der Waals surface area contributed by atoms with Crippen LogP contribution in [0.3, 0.4) is 0 Å². The molecule has 0 saturated heterocycles. The van der Waals surface area contributed by atoms with Crippen LogP contribution in [0.2, 0.25) is 0 Å². The van der Waals surface area contributed by atoms with Crippen molar-refractivity contribution in [3.05, 3.63) is 106 Å². The lowest BCUT2D eigenvalue weighted by atomic mass is 9.98. The average Bonchev–Trinajstić information content (AvgIpc) is 2.79. The van der Waals surface area contributed by atoms with Gasteiger partial charge in [-0.15, -0.1) is 17.0 Å². The Morgan fingerprint density at radius 3 is 2.00 bits per heavy atom. The summed E-state index contributed by atoms with van der Waals surface area (Å²) in [6.07, 6.45) is 2.27. The number of carboxylic acids is 1. The van der Waals surface area contributed by atoms with Crippen molar-refractivity contribution in [2.24, 2.45) is 5.73 Å². The Hall–Kier alpha value is -3.23. The Morgan fingerprint density at radius 1 is 0.938 bits per heavy atom. The number of rotatable bonds is 9. The zero-order valence-electron chi connectivity index (χ0n) is 17.4. The lowest BCUT2D eigenvalue weighted by molar-refractivity contribution is -0.139. The van der Waals surface area contributed by atoms with E-state index in [0.717, 1.165) is 11.1 Å². The molecule has 0 aliphatic carbocycles. The first-order valence-corrected chi connectivity index (χ1v) is 10.1. The maximum atomic E-state index is 13.3. The topological polar surface area (TPSA) is 114 Å². The molecule has 1 unspecified atom stereocenters. The van der Waals surface area contributed by atoms with E-state index in [4.69, 9.17) is 5.73 Å². The van der Waals surface area contributed by atoms with E-state index in [-0.39, 0.29) is 29.0 Å². The van der Waals surface area contributed by atoms with E-state index in [2.05, 4.69) is 5.32 Å². The minimum atomic E-state index is -1.16. The number of hydrogen-bond acceptors (Lipinski definition) is 4. The number of pyridine rings is 1. The fraction of sp³-hybridized carbons (Fsp3) is 0.208. The van der Waals surface area contributed by atoms with Gasteiger partial charge in [0.1, 0.15) is 11.6 Å². The average molecular weight is 500 g/mol. The molecule has 8 heteroatoms. The highest BCUT2D eigenvalue weighted by atomic mass is 79.9. The van der Waals surface area contributed by atoms with E-state index >= 15 is 0 Å². The maximum Gasteiger partial charge on any atom is 0.326 e. The summed E-state index contributed by atoms with van der Waals surface area (Å²) in [6, 6.07) is 20.5. The number of halogens is 1. The van der Waals surface area contributed by atoms with Gasteiger partial charge in [-0.05, 0) is 42.6 Å². The number of nitrogens with one attached hydrogen (secondary N) is 1. The first kappa shape index (κ1) is 25.0. The molecule has 1 atom stereocenters. The maximum absolute atomic E-state index is 13.3. The van der Waals surface area contributed by atoms with Gasteiger partial charge < -0.3 is 20.7 Å². The number of nitrogens with two attached hydrogens (primary N) is 1. The number of benzene rings is 2. The Morgan fingerprint density at radius 2 is 1.50 bits per heavy atom. The van der Waals surface area contributed by atoms with Crippen LogP contribution in [0.15, 0.2) is 83.8 Å². The molecule has 1 aromatic heterocycles. The van der Waals surface area contributed by atoms with Crippen molar-refractivity contribution in [2.75, 3.05) is 6.54 Å². The third-order valence-corrected chi connectivity index (χ3v) is 5.03. The van der Waals surface area contributed by atoms with Crippen LogP contribution in [0.4, 0.5) is 0 Å². The molecule has 2 aromatic carbocycles. The molecule has 3 aromatic rings. The molecule has 1 heterocycles. The summed E-state index contributed by atoms with van der Waals surface area (Å²) in [4.78, 5) is 37.5. The van der Waals surface area contributed by atoms with Crippen LogP contribution < -0.4 is 16.6 Å². The molecular formula is C24H26BrN3O4. The fourth-order valence-corrected chi connectivity index (χ4v) is 3.49. The fourth-order valence-electron chi connectivity index (χ4n) is 3.49. The van der Waals surface area contributed by atoms with Gasteiger partial charge in [0.25, 0.3) is 11.5 Å². The molecule has 7 nitrogen and oxygen atoms in total. The first-order valence-electron chi connectivity index (χ1n) is 10.1. The standard InChI is InChI=1S/C24H25N3O4.BrH/c25-15-7-14-20(24(30)31)26-22(28)19-13-8-16-27(23(19)29)21(17-9-3-1-4-10-17)18-11-5-2-6-12-18;/h1-6,8-13,16,20-21H,7,14-15,25H2,(H,26,28)(H,30,31);1H. The number of nitrogens with zero attached hydrogens (tertiary/aromatic N) is 1. The summed E-state index contributed by atoms with van der Waals surface area (Å²) in [5.41, 5.74) is 6.61. The van der Waals surface area contributed by atoms with E-state index in [1.165, 1.54) is 10.6 Å². The molecule has 32 heavy (non-hydrogen) atoms. The summed E-state index contributed by atoms with van der Waals surface area (Å²) in [7, 11) is 0. The molecule has 1 amide bonds. The number of aromatic nitrogens is 1. The second-order valence-corrected chi connectivity index (χ2v) is 7.15. The van der Waals surface area contributed by atoms with E-state index in [1.807, 2.05) is 60.7 Å². The molecule has 3 rings (SSSR count). The van der Waals surface area contributed by atoms with Crippen LogP contribution in [0.1, 0.15) is 40.4 Å². The molecule has 0 bridgehead atoms. The van der Waals surface area contributed by atoms with Crippen LogP contribution in [-0.2, 0) is 4.79 Å². The lowest BCUT2D eigenvalue weighted by Crippen LogP contribution is -2.43. The van der Waals surface area contributed by atoms with Crippen LogP contribution in [0.5, 0.6) is 0 Å². The third kappa shape index (κ3) is 5.93. The van der Waals surface area contributed by atoms with E-state index in [9.17, 15) is 19.5 Å². The van der Waals surface area contributed by atoms with Crippen LogP contribution >= 0.6 is 17.0 Å². The second kappa shape index (κ2) is 12.0. The number of aliphatic carboxylic acids is 1. The van der Waals surface area contributed by atoms with E-state index < -0.39 is 29.5 Å². The molecule has 0 saturated carbocycles. The summed E-state index contributed by atoms with van der Waals surface area (Å²) in [5.74, 6) is -1.88. The number of carbonyl (C=O) groups is 2. The number of amides is 1. The Labute approximate surface area is 196 Å². The zero-order valence-corrected chi connectivity index (χ0v) is 19.1. The van der Waals surface area contributed by atoms with Crippen LogP contribution in [-0.4, -0.2) is 34.1 Å². The Balaban J connectivity index is 0.00000363. The normalized spacial score (nSPS) is 11.4. The minimum absolute atomic E-state index is 0. The predicted molar refractivity (Wildman–Crippen MR) is 128 cm³/mol. The van der Waals surface area contributed by atoms with Crippen molar-refractivity contribution in [3.63, 3.8) is 0 Å². The van der Waals surface area contributed by atoms with E-state index in [1.54, 1.807) is 12.3 Å². The lowest BCUT2D eigenvalue weighted by Gasteiger charge is -2.22.